The smallest absolute Gasteiger partial charge is 0.246 e. The van der Waals surface area contributed by atoms with Crippen molar-refractivity contribution >= 4 is 40.8 Å². The standard InChI is InChI=1S/C25H25ClN4O2S/c1-4-6-20(31)23-22(17-12-14-19(26)15-13-17)29(21(32)7-5-2)30-24(27-28-25(30)33-23)18-10-8-16(3)9-11-18/h8-15H,4-7H2,1-3H3. The van der Waals surface area contributed by atoms with Crippen LogP contribution in [0.2, 0.25) is 5.02 Å². The molecule has 0 aliphatic carbocycles. The van der Waals surface area contributed by atoms with Crippen molar-refractivity contribution in [2.45, 2.75) is 51.6 Å². The summed E-state index contributed by atoms with van der Waals surface area (Å²) in [6.07, 6.45) is 2.09. The number of Topliss-reactive ketones (excluding diaryl/α,β-unsaturated/α-hetero) is 1. The van der Waals surface area contributed by atoms with Crippen molar-refractivity contribution in [3.05, 3.63) is 69.6 Å². The van der Waals surface area contributed by atoms with Gasteiger partial charge in [-0.15, -0.1) is 10.2 Å². The van der Waals surface area contributed by atoms with Crippen LogP contribution >= 0.6 is 23.4 Å². The van der Waals surface area contributed by atoms with Gasteiger partial charge in [-0.3, -0.25) is 9.59 Å². The second kappa shape index (κ2) is 9.93. The summed E-state index contributed by atoms with van der Waals surface area (Å²) < 4.78 is 1.74. The van der Waals surface area contributed by atoms with Gasteiger partial charge < -0.3 is 0 Å². The summed E-state index contributed by atoms with van der Waals surface area (Å²) in [6, 6.07) is 15.1. The molecule has 0 bridgehead atoms. The molecule has 3 aromatic rings. The summed E-state index contributed by atoms with van der Waals surface area (Å²) in [7, 11) is 0. The lowest BCUT2D eigenvalue weighted by Gasteiger charge is -2.33. The molecule has 0 saturated carbocycles. The maximum atomic E-state index is 13.5. The number of nitrogens with zero attached hydrogens (tertiary/aromatic N) is 4. The van der Waals surface area contributed by atoms with Crippen LogP contribution in [0.15, 0.2) is 58.6 Å². The fourth-order valence-corrected chi connectivity index (χ4v) is 4.84. The minimum atomic E-state index is -0.126. The topological polar surface area (TPSA) is 68.1 Å². The average molecular weight is 481 g/mol. The van der Waals surface area contributed by atoms with Crippen LogP contribution in [-0.4, -0.2) is 26.6 Å². The predicted octanol–water partition coefficient (Wildman–Crippen LogP) is 6.02. The first-order chi connectivity index (χ1) is 15.9. The Balaban J connectivity index is 1.96. The molecule has 2 aromatic carbocycles. The first-order valence-electron chi connectivity index (χ1n) is 11.0. The van der Waals surface area contributed by atoms with Crippen molar-refractivity contribution < 1.29 is 9.59 Å². The van der Waals surface area contributed by atoms with Crippen LogP contribution in [0.5, 0.6) is 0 Å². The summed E-state index contributed by atoms with van der Waals surface area (Å²) in [5.74, 6) is 0.405. The quantitative estimate of drug-likeness (QED) is 0.414. The number of aryl methyl sites for hydroxylation is 1. The van der Waals surface area contributed by atoms with Gasteiger partial charge in [0.15, 0.2) is 11.6 Å². The van der Waals surface area contributed by atoms with E-state index in [-0.39, 0.29) is 11.7 Å². The SMILES string of the molecule is CCCC(=O)C1=C(c2ccc(Cl)cc2)N(C(=O)CCC)n2c(nnc2-c2ccc(C)cc2)S1. The molecule has 0 unspecified atom stereocenters. The third kappa shape index (κ3) is 4.61. The molecule has 0 fully saturated rings. The summed E-state index contributed by atoms with van der Waals surface area (Å²) in [5, 5.41) is 11.4. The lowest BCUT2D eigenvalue weighted by molar-refractivity contribution is -0.119. The van der Waals surface area contributed by atoms with E-state index in [9.17, 15) is 9.59 Å². The highest BCUT2D eigenvalue weighted by Crippen LogP contribution is 2.42. The number of ketones is 1. The Morgan fingerprint density at radius 3 is 2.18 bits per heavy atom. The summed E-state index contributed by atoms with van der Waals surface area (Å²) in [4.78, 5) is 27.2. The Hall–Kier alpha value is -2.90. The maximum Gasteiger partial charge on any atom is 0.246 e. The van der Waals surface area contributed by atoms with Crippen LogP contribution in [0, 0.1) is 6.92 Å². The number of carbonyl (C=O) groups is 2. The van der Waals surface area contributed by atoms with Crippen LogP contribution in [0.3, 0.4) is 0 Å². The van der Waals surface area contributed by atoms with Gasteiger partial charge in [0.25, 0.3) is 0 Å². The van der Waals surface area contributed by atoms with Crippen molar-refractivity contribution in [1.82, 2.24) is 14.9 Å². The Morgan fingerprint density at radius 1 is 0.909 bits per heavy atom. The van der Waals surface area contributed by atoms with Crippen molar-refractivity contribution in [2.75, 3.05) is 5.01 Å². The molecule has 1 aliphatic heterocycles. The van der Waals surface area contributed by atoms with Crippen LogP contribution < -0.4 is 5.01 Å². The van der Waals surface area contributed by atoms with Gasteiger partial charge in [0.1, 0.15) is 0 Å². The Kier molecular flexibility index (Phi) is 7.00. The van der Waals surface area contributed by atoms with Gasteiger partial charge in [-0.2, -0.15) is 4.68 Å². The van der Waals surface area contributed by atoms with Gasteiger partial charge in [-0.1, -0.05) is 67.4 Å². The van der Waals surface area contributed by atoms with E-state index in [1.54, 1.807) is 21.8 Å². The zero-order valence-electron chi connectivity index (χ0n) is 18.8. The third-order valence-corrected chi connectivity index (χ3v) is 6.60. The van der Waals surface area contributed by atoms with Gasteiger partial charge >= 0.3 is 0 Å². The van der Waals surface area contributed by atoms with E-state index < -0.39 is 0 Å². The largest absolute Gasteiger partial charge is 0.294 e. The molecule has 1 amide bonds. The molecule has 8 heteroatoms. The maximum absolute atomic E-state index is 13.5. The number of amides is 1. The van der Waals surface area contributed by atoms with Crippen molar-refractivity contribution in [3.63, 3.8) is 0 Å². The number of rotatable bonds is 7. The number of hydrogen-bond donors (Lipinski definition) is 0. The fraction of sp³-hybridized carbons (Fsp3) is 0.280. The molecule has 0 radical (unpaired) electrons. The minimum Gasteiger partial charge on any atom is -0.294 e. The van der Waals surface area contributed by atoms with E-state index in [1.807, 2.05) is 57.2 Å². The second-order valence-electron chi connectivity index (χ2n) is 7.90. The zero-order chi connectivity index (χ0) is 23.5. The van der Waals surface area contributed by atoms with Crippen LogP contribution in [0.25, 0.3) is 17.1 Å². The lowest BCUT2D eigenvalue weighted by Crippen LogP contribution is -2.42. The van der Waals surface area contributed by atoms with Gasteiger partial charge in [0, 0.05) is 29.0 Å². The molecule has 1 aliphatic rings. The highest BCUT2D eigenvalue weighted by Gasteiger charge is 2.36. The highest BCUT2D eigenvalue weighted by atomic mass is 35.5. The lowest BCUT2D eigenvalue weighted by atomic mass is 10.1. The van der Waals surface area contributed by atoms with Crippen molar-refractivity contribution in [2.24, 2.45) is 0 Å². The Morgan fingerprint density at radius 2 is 1.55 bits per heavy atom. The number of allylic oxidation sites excluding steroid dienone is 1. The summed E-state index contributed by atoms with van der Waals surface area (Å²) >= 11 is 7.40. The molecule has 0 N–H and O–H groups in total. The first kappa shape index (κ1) is 23.3. The highest BCUT2D eigenvalue weighted by molar-refractivity contribution is 8.04. The van der Waals surface area contributed by atoms with Crippen molar-refractivity contribution in [1.29, 1.82) is 0 Å². The van der Waals surface area contributed by atoms with E-state index in [4.69, 9.17) is 11.6 Å². The molecule has 1 aromatic heterocycles. The van der Waals surface area contributed by atoms with E-state index in [1.165, 1.54) is 11.8 Å². The summed E-state index contributed by atoms with van der Waals surface area (Å²) in [6.45, 7) is 5.94. The van der Waals surface area contributed by atoms with Crippen LogP contribution in [0.4, 0.5) is 0 Å². The molecule has 33 heavy (non-hydrogen) atoms. The normalized spacial score (nSPS) is 13.3. The zero-order valence-corrected chi connectivity index (χ0v) is 20.4. The third-order valence-electron chi connectivity index (χ3n) is 5.29. The molecule has 170 valence electrons. The molecule has 6 nitrogen and oxygen atoms in total. The van der Waals surface area contributed by atoms with E-state index in [2.05, 4.69) is 10.2 Å². The molecule has 2 heterocycles. The molecule has 0 atom stereocenters. The minimum absolute atomic E-state index is 0.0205. The van der Waals surface area contributed by atoms with E-state index in [0.717, 1.165) is 16.7 Å². The number of hydrogen-bond acceptors (Lipinski definition) is 5. The van der Waals surface area contributed by atoms with E-state index in [0.29, 0.717) is 52.3 Å². The second-order valence-corrected chi connectivity index (χ2v) is 9.31. The fourth-order valence-electron chi connectivity index (χ4n) is 3.67. The van der Waals surface area contributed by atoms with Gasteiger partial charge in [-0.05, 0) is 43.7 Å². The van der Waals surface area contributed by atoms with Gasteiger partial charge in [0.05, 0.1) is 10.6 Å². The van der Waals surface area contributed by atoms with E-state index >= 15 is 0 Å². The number of fused-ring (bicyclic) bond motifs is 1. The predicted molar refractivity (Wildman–Crippen MR) is 132 cm³/mol. The van der Waals surface area contributed by atoms with Crippen molar-refractivity contribution in [3.8, 4) is 11.4 Å². The molecule has 0 spiro atoms. The number of carbonyl (C=O) groups excluding carboxylic acids is 2. The number of thioether (sulfide) groups is 1. The monoisotopic (exact) mass is 480 g/mol. The van der Waals surface area contributed by atoms with Crippen LogP contribution in [-0.2, 0) is 9.59 Å². The number of aromatic nitrogens is 3. The molecular formula is C25H25ClN4O2S. The van der Waals surface area contributed by atoms with Crippen LogP contribution in [0.1, 0.15) is 50.7 Å². The number of halogens is 1. The first-order valence-corrected chi connectivity index (χ1v) is 12.2. The Labute approximate surface area is 202 Å². The van der Waals surface area contributed by atoms with Gasteiger partial charge in [-0.25, -0.2) is 5.01 Å². The molecule has 4 rings (SSSR count). The molecular weight excluding hydrogens is 456 g/mol. The van der Waals surface area contributed by atoms with Gasteiger partial charge in [0.2, 0.25) is 11.1 Å². The average Bonchev–Trinajstić information content (AvgIpc) is 3.23. The molecule has 0 saturated heterocycles. The number of benzene rings is 2. The Bertz CT molecular complexity index is 1220. The summed E-state index contributed by atoms with van der Waals surface area (Å²) in [5.41, 5.74) is 3.26.